The van der Waals surface area contributed by atoms with Gasteiger partial charge in [-0.2, -0.15) is 11.8 Å². The van der Waals surface area contributed by atoms with E-state index in [4.69, 9.17) is 0 Å². The molecular formula is C23H34O5S. The largest absolute Gasteiger partial charge is 0.469 e. The Labute approximate surface area is 178 Å². The molecule has 0 aliphatic heterocycles. The number of unbranched alkanes of at least 4 members (excludes halogenated alkanes) is 3. The monoisotopic (exact) mass is 422 g/mol. The first-order valence-electron chi connectivity index (χ1n) is 10.6. The number of benzene rings is 1. The number of esters is 1. The standard InChI is InChI=1S/C23H34O5S/c1-28-22(27)12-8-3-2-7-11-20-18(15-24)14-21(26)23(20)29-16-19(25)13-17-9-5-4-6-10-17/h4-6,9-10,15,18-21,23,25-26H,2-3,7-8,11-14,16H2,1H3/t18?,19?,20-,21?,23+/m0/s1. The lowest BCUT2D eigenvalue weighted by molar-refractivity contribution is -0.140. The average Bonchev–Trinajstić information content (AvgIpc) is 3.04. The molecule has 29 heavy (non-hydrogen) atoms. The molecule has 0 amide bonds. The van der Waals surface area contributed by atoms with Crippen LogP contribution in [-0.2, 0) is 20.7 Å². The molecule has 1 saturated carbocycles. The number of aliphatic hydroxyl groups excluding tert-OH is 2. The second-order valence-corrected chi connectivity index (χ2v) is 9.15. The maximum Gasteiger partial charge on any atom is 0.305 e. The van der Waals surface area contributed by atoms with Gasteiger partial charge in [0, 0.05) is 23.3 Å². The van der Waals surface area contributed by atoms with E-state index in [1.54, 1.807) is 11.8 Å². The van der Waals surface area contributed by atoms with Crippen LogP contribution < -0.4 is 0 Å². The van der Waals surface area contributed by atoms with Crippen molar-refractivity contribution in [3.63, 3.8) is 0 Å². The molecule has 0 radical (unpaired) electrons. The smallest absolute Gasteiger partial charge is 0.305 e. The van der Waals surface area contributed by atoms with E-state index >= 15 is 0 Å². The first kappa shape index (κ1) is 23.9. The lowest BCUT2D eigenvalue weighted by Gasteiger charge is -2.24. The molecule has 0 bridgehead atoms. The van der Waals surface area contributed by atoms with E-state index in [1.807, 2.05) is 30.3 Å². The Hall–Kier alpha value is -1.37. The first-order valence-corrected chi connectivity index (χ1v) is 11.6. The van der Waals surface area contributed by atoms with Crippen molar-refractivity contribution in [1.82, 2.24) is 0 Å². The van der Waals surface area contributed by atoms with Gasteiger partial charge in [0.15, 0.2) is 0 Å². The van der Waals surface area contributed by atoms with Crippen molar-refractivity contribution in [2.24, 2.45) is 11.8 Å². The quantitative estimate of drug-likeness (QED) is 0.288. The summed E-state index contributed by atoms with van der Waals surface area (Å²) in [6.45, 7) is 0. The summed E-state index contributed by atoms with van der Waals surface area (Å²) in [7, 11) is 1.40. The van der Waals surface area contributed by atoms with Gasteiger partial charge in [-0.1, -0.05) is 49.6 Å². The summed E-state index contributed by atoms with van der Waals surface area (Å²) in [5.41, 5.74) is 1.10. The Morgan fingerprint density at radius 3 is 2.66 bits per heavy atom. The Morgan fingerprint density at radius 2 is 1.97 bits per heavy atom. The summed E-state index contributed by atoms with van der Waals surface area (Å²) in [4.78, 5) is 22.7. The van der Waals surface area contributed by atoms with Crippen LogP contribution in [0.25, 0.3) is 0 Å². The molecule has 1 aromatic carbocycles. The zero-order valence-electron chi connectivity index (χ0n) is 17.2. The number of hydrogen-bond donors (Lipinski definition) is 2. The van der Waals surface area contributed by atoms with Gasteiger partial charge in [-0.25, -0.2) is 0 Å². The van der Waals surface area contributed by atoms with E-state index in [9.17, 15) is 19.8 Å². The van der Waals surface area contributed by atoms with E-state index in [2.05, 4.69) is 4.74 Å². The van der Waals surface area contributed by atoms with E-state index in [-0.39, 0.29) is 23.1 Å². The molecule has 5 nitrogen and oxygen atoms in total. The molecule has 0 spiro atoms. The van der Waals surface area contributed by atoms with Crippen LogP contribution in [0.2, 0.25) is 0 Å². The number of aldehydes is 1. The number of aliphatic hydroxyl groups is 2. The fourth-order valence-corrected chi connectivity index (χ4v) is 5.64. The fourth-order valence-electron chi connectivity index (χ4n) is 4.16. The molecule has 5 atom stereocenters. The van der Waals surface area contributed by atoms with E-state index in [0.29, 0.717) is 25.0 Å². The van der Waals surface area contributed by atoms with Crippen molar-refractivity contribution in [3.8, 4) is 0 Å². The van der Waals surface area contributed by atoms with Crippen molar-refractivity contribution >= 4 is 24.0 Å². The summed E-state index contributed by atoms with van der Waals surface area (Å²) >= 11 is 1.60. The van der Waals surface area contributed by atoms with Gasteiger partial charge in [0.05, 0.1) is 19.3 Å². The minimum Gasteiger partial charge on any atom is -0.469 e. The molecule has 1 aromatic rings. The first-order chi connectivity index (χ1) is 14.0. The van der Waals surface area contributed by atoms with Gasteiger partial charge in [-0.15, -0.1) is 0 Å². The molecule has 2 rings (SSSR count). The number of carbonyl (C=O) groups is 2. The Balaban J connectivity index is 1.76. The van der Waals surface area contributed by atoms with Crippen LogP contribution in [0.3, 0.4) is 0 Å². The van der Waals surface area contributed by atoms with Crippen LogP contribution in [-0.4, -0.2) is 52.8 Å². The van der Waals surface area contributed by atoms with Crippen LogP contribution in [0.15, 0.2) is 30.3 Å². The topological polar surface area (TPSA) is 83.8 Å². The van der Waals surface area contributed by atoms with Gasteiger partial charge < -0.3 is 19.7 Å². The van der Waals surface area contributed by atoms with Gasteiger partial charge in [-0.3, -0.25) is 4.79 Å². The zero-order valence-corrected chi connectivity index (χ0v) is 18.1. The van der Waals surface area contributed by atoms with Gasteiger partial charge in [0.25, 0.3) is 0 Å². The van der Waals surface area contributed by atoms with Gasteiger partial charge >= 0.3 is 5.97 Å². The summed E-state index contributed by atoms with van der Waals surface area (Å²) in [5, 5.41) is 20.9. The number of methoxy groups -OCH3 is 1. The van der Waals surface area contributed by atoms with Crippen LogP contribution in [0, 0.1) is 11.8 Å². The molecule has 1 fully saturated rings. The lowest BCUT2D eigenvalue weighted by atomic mass is 9.91. The van der Waals surface area contributed by atoms with Crippen molar-refractivity contribution in [2.45, 2.75) is 68.8 Å². The highest BCUT2D eigenvalue weighted by molar-refractivity contribution is 8.00. The molecule has 1 aliphatic carbocycles. The van der Waals surface area contributed by atoms with Crippen molar-refractivity contribution in [2.75, 3.05) is 12.9 Å². The fraction of sp³-hybridized carbons (Fsp3) is 0.652. The maximum absolute atomic E-state index is 11.5. The molecule has 1 aliphatic rings. The van der Waals surface area contributed by atoms with E-state index in [1.165, 1.54) is 7.11 Å². The van der Waals surface area contributed by atoms with Crippen molar-refractivity contribution in [1.29, 1.82) is 0 Å². The lowest BCUT2D eigenvalue weighted by Crippen LogP contribution is -2.26. The third kappa shape index (κ3) is 8.11. The molecule has 2 N–H and O–H groups in total. The van der Waals surface area contributed by atoms with Gasteiger partial charge in [-0.05, 0) is 37.2 Å². The van der Waals surface area contributed by atoms with E-state index in [0.717, 1.165) is 44.0 Å². The van der Waals surface area contributed by atoms with Crippen LogP contribution in [0.4, 0.5) is 0 Å². The zero-order chi connectivity index (χ0) is 21.1. The number of rotatable bonds is 13. The Morgan fingerprint density at radius 1 is 1.24 bits per heavy atom. The summed E-state index contributed by atoms with van der Waals surface area (Å²) in [6.07, 6.45) is 6.25. The van der Waals surface area contributed by atoms with Gasteiger partial charge in [0.1, 0.15) is 6.29 Å². The molecule has 3 unspecified atom stereocenters. The summed E-state index contributed by atoms with van der Waals surface area (Å²) in [5.74, 6) is 0.425. The summed E-state index contributed by atoms with van der Waals surface area (Å²) in [6, 6.07) is 9.89. The normalized spacial score (nSPS) is 24.9. The number of carbonyl (C=O) groups excluding carboxylic acids is 2. The van der Waals surface area contributed by atoms with Crippen LogP contribution in [0.1, 0.15) is 50.5 Å². The predicted octanol–water partition coefficient (Wildman–Crippen LogP) is 3.40. The molecule has 162 valence electrons. The molecular weight excluding hydrogens is 388 g/mol. The highest BCUT2D eigenvalue weighted by Gasteiger charge is 2.42. The number of hydrogen-bond acceptors (Lipinski definition) is 6. The third-order valence-electron chi connectivity index (χ3n) is 5.73. The molecule has 6 heteroatoms. The Kier molecular flexibility index (Phi) is 10.7. The highest BCUT2D eigenvalue weighted by Crippen LogP contribution is 2.42. The summed E-state index contributed by atoms with van der Waals surface area (Å²) < 4.78 is 4.65. The maximum atomic E-state index is 11.5. The van der Waals surface area contributed by atoms with Crippen molar-refractivity contribution in [3.05, 3.63) is 35.9 Å². The average molecular weight is 423 g/mol. The number of ether oxygens (including phenoxy) is 1. The number of thioether (sulfide) groups is 1. The Bertz CT molecular complexity index is 609. The minimum absolute atomic E-state index is 0.00862. The highest BCUT2D eigenvalue weighted by atomic mass is 32.2. The molecule has 0 saturated heterocycles. The predicted molar refractivity (Wildman–Crippen MR) is 116 cm³/mol. The van der Waals surface area contributed by atoms with Crippen LogP contribution in [0.5, 0.6) is 0 Å². The SMILES string of the molecule is COC(=O)CCCCCC[C@H]1C(C=O)CC(O)[C@@H]1SCC(O)Cc1ccccc1. The molecule has 0 aromatic heterocycles. The van der Waals surface area contributed by atoms with E-state index < -0.39 is 12.2 Å². The van der Waals surface area contributed by atoms with Crippen molar-refractivity contribution < 1.29 is 24.5 Å². The second kappa shape index (κ2) is 13.0. The second-order valence-electron chi connectivity index (χ2n) is 7.94. The minimum atomic E-state index is -0.497. The molecule has 0 heterocycles. The van der Waals surface area contributed by atoms with Crippen LogP contribution >= 0.6 is 11.8 Å². The third-order valence-corrected chi connectivity index (χ3v) is 7.36. The van der Waals surface area contributed by atoms with Gasteiger partial charge in [0.2, 0.25) is 0 Å².